The number of hydrogen-bond acceptors (Lipinski definition) is 4. The first-order valence-corrected chi connectivity index (χ1v) is 7.72. The molecule has 0 aliphatic heterocycles. The van der Waals surface area contributed by atoms with Gasteiger partial charge in [0.2, 0.25) is 0 Å². The van der Waals surface area contributed by atoms with Crippen molar-refractivity contribution in [2.24, 2.45) is 0 Å². The van der Waals surface area contributed by atoms with Crippen LogP contribution in [0.3, 0.4) is 0 Å². The zero-order valence-corrected chi connectivity index (χ0v) is 13.9. The van der Waals surface area contributed by atoms with E-state index in [0.29, 0.717) is 17.9 Å². The van der Waals surface area contributed by atoms with Crippen LogP contribution in [0.2, 0.25) is 0 Å². The van der Waals surface area contributed by atoms with Crippen LogP contribution in [-0.4, -0.2) is 36.3 Å². The van der Waals surface area contributed by atoms with Gasteiger partial charge in [-0.2, -0.15) is 0 Å². The smallest absolute Gasteiger partial charge is 0.341 e. The molecule has 0 unspecified atom stereocenters. The lowest BCUT2D eigenvalue weighted by molar-refractivity contribution is -0.139. The van der Waals surface area contributed by atoms with Gasteiger partial charge in [-0.05, 0) is 37.6 Å². The van der Waals surface area contributed by atoms with Gasteiger partial charge < -0.3 is 19.9 Å². The monoisotopic (exact) mass is 323 g/mol. The maximum Gasteiger partial charge on any atom is 0.341 e. The number of benzene rings is 1. The fourth-order valence-electron chi connectivity index (χ4n) is 2.06. The van der Waals surface area contributed by atoms with Crippen molar-refractivity contribution in [3.05, 3.63) is 24.3 Å². The Balaban J connectivity index is 2.62. The molecule has 1 aromatic rings. The van der Waals surface area contributed by atoms with Gasteiger partial charge in [0.1, 0.15) is 11.4 Å². The van der Waals surface area contributed by atoms with Crippen LogP contribution in [0.5, 0.6) is 5.75 Å². The summed E-state index contributed by atoms with van der Waals surface area (Å²) in [5.74, 6) is -0.802. The van der Waals surface area contributed by atoms with Gasteiger partial charge in [0.15, 0.2) is 6.61 Å². The van der Waals surface area contributed by atoms with Crippen LogP contribution >= 0.6 is 0 Å². The Morgan fingerprint density at radius 1 is 1.22 bits per heavy atom. The van der Waals surface area contributed by atoms with Gasteiger partial charge >= 0.3 is 5.97 Å². The molecular formula is C17H25NO5. The molecule has 0 fully saturated rings. The molecule has 2 N–H and O–H groups in total. The summed E-state index contributed by atoms with van der Waals surface area (Å²) in [4.78, 5) is 22.9. The van der Waals surface area contributed by atoms with Gasteiger partial charge in [-0.1, -0.05) is 26.2 Å². The molecule has 0 spiro atoms. The lowest BCUT2D eigenvalue weighted by atomic mass is 9.97. The average molecular weight is 323 g/mol. The van der Waals surface area contributed by atoms with Crippen LogP contribution in [0.4, 0.5) is 5.69 Å². The van der Waals surface area contributed by atoms with Crippen LogP contribution in [0.1, 0.15) is 39.5 Å². The summed E-state index contributed by atoms with van der Waals surface area (Å²) in [5.41, 5.74) is -0.260. The largest absolute Gasteiger partial charge is 0.482 e. The van der Waals surface area contributed by atoms with Crippen LogP contribution < -0.4 is 10.1 Å². The summed E-state index contributed by atoms with van der Waals surface area (Å²) in [6.45, 7) is 3.49. The molecule has 0 bridgehead atoms. The maximum atomic E-state index is 12.4. The number of carboxylic acid groups (broad SMARTS) is 1. The van der Waals surface area contributed by atoms with Gasteiger partial charge in [0, 0.05) is 12.8 Å². The number of unbranched alkanes of at least 4 members (excludes halogenated alkanes) is 2. The van der Waals surface area contributed by atoms with Crippen molar-refractivity contribution >= 4 is 17.6 Å². The molecule has 6 nitrogen and oxygen atoms in total. The van der Waals surface area contributed by atoms with Crippen molar-refractivity contribution in [2.75, 3.05) is 19.0 Å². The van der Waals surface area contributed by atoms with Crippen molar-refractivity contribution in [3.63, 3.8) is 0 Å². The third kappa shape index (κ3) is 6.28. The average Bonchev–Trinajstić information content (AvgIpc) is 2.54. The van der Waals surface area contributed by atoms with Gasteiger partial charge in [0.05, 0.1) is 0 Å². The fourth-order valence-corrected chi connectivity index (χ4v) is 2.06. The molecule has 23 heavy (non-hydrogen) atoms. The number of carbonyl (C=O) groups excluding carboxylic acids is 1. The Morgan fingerprint density at radius 2 is 1.87 bits per heavy atom. The van der Waals surface area contributed by atoms with Gasteiger partial charge in [-0.15, -0.1) is 0 Å². The second kappa shape index (κ2) is 9.15. The molecule has 6 heteroatoms. The van der Waals surface area contributed by atoms with E-state index in [2.05, 4.69) is 12.2 Å². The van der Waals surface area contributed by atoms with Crippen LogP contribution in [-0.2, 0) is 14.3 Å². The third-order valence-corrected chi connectivity index (χ3v) is 3.66. The first-order valence-electron chi connectivity index (χ1n) is 7.72. The summed E-state index contributed by atoms with van der Waals surface area (Å²) in [6.07, 6.45) is 3.72. The first-order chi connectivity index (χ1) is 10.9. The SMILES string of the molecule is CCCCC[C@@](C)(OC)C(=O)Nc1ccc(OCC(=O)O)cc1. The third-order valence-electron chi connectivity index (χ3n) is 3.66. The standard InChI is InChI=1S/C17H25NO5/c1-4-5-6-11-17(2,22-3)16(21)18-13-7-9-14(10-8-13)23-12-15(19)20/h7-10H,4-6,11-12H2,1-3H3,(H,18,21)(H,19,20)/t17-/m1/s1. The molecule has 0 saturated carbocycles. The molecule has 0 aliphatic carbocycles. The highest BCUT2D eigenvalue weighted by Gasteiger charge is 2.32. The van der Waals surface area contributed by atoms with E-state index < -0.39 is 18.2 Å². The first kappa shape index (κ1) is 19.0. The van der Waals surface area contributed by atoms with Crippen LogP contribution in [0.25, 0.3) is 0 Å². The minimum atomic E-state index is -1.04. The Morgan fingerprint density at radius 3 is 2.39 bits per heavy atom. The van der Waals surface area contributed by atoms with Crippen molar-refractivity contribution in [3.8, 4) is 5.75 Å². The number of carbonyl (C=O) groups is 2. The highest BCUT2D eigenvalue weighted by Crippen LogP contribution is 2.22. The van der Waals surface area contributed by atoms with Crippen LogP contribution in [0.15, 0.2) is 24.3 Å². The zero-order valence-electron chi connectivity index (χ0n) is 13.9. The Hall–Kier alpha value is -2.08. The predicted molar refractivity (Wildman–Crippen MR) is 87.8 cm³/mol. The minimum absolute atomic E-state index is 0.199. The number of methoxy groups -OCH3 is 1. The fraction of sp³-hybridized carbons (Fsp3) is 0.529. The summed E-state index contributed by atoms with van der Waals surface area (Å²) >= 11 is 0. The number of amides is 1. The number of aliphatic carboxylic acids is 1. The Labute approximate surface area is 136 Å². The van der Waals surface area contributed by atoms with Crippen molar-refractivity contribution < 1.29 is 24.2 Å². The summed E-state index contributed by atoms with van der Waals surface area (Å²) in [5, 5.41) is 11.4. The van der Waals surface area contributed by atoms with E-state index in [0.717, 1.165) is 19.3 Å². The van der Waals surface area contributed by atoms with E-state index in [-0.39, 0.29) is 5.91 Å². The van der Waals surface area contributed by atoms with Crippen molar-refractivity contribution in [2.45, 2.75) is 45.1 Å². The molecule has 0 saturated heterocycles. The van der Waals surface area contributed by atoms with Crippen molar-refractivity contribution in [1.29, 1.82) is 0 Å². The van der Waals surface area contributed by atoms with Gasteiger partial charge in [-0.3, -0.25) is 4.79 Å². The summed E-state index contributed by atoms with van der Waals surface area (Å²) < 4.78 is 10.4. The lowest BCUT2D eigenvalue weighted by Gasteiger charge is -2.27. The Kier molecular flexibility index (Phi) is 7.54. The van der Waals surface area contributed by atoms with E-state index in [1.54, 1.807) is 31.2 Å². The van der Waals surface area contributed by atoms with E-state index in [4.69, 9.17) is 14.6 Å². The Bertz CT molecular complexity index is 514. The number of carboxylic acids is 1. The number of ether oxygens (including phenoxy) is 2. The van der Waals surface area contributed by atoms with Crippen LogP contribution in [0, 0.1) is 0 Å². The van der Waals surface area contributed by atoms with E-state index in [1.165, 1.54) is 7.11 Å². The topological polar surface area (TPSA) is 84.9 Å². The van der Waals surface area contributed by atoms with Gasteiger partial charge in [-0.25, -0.2) is 4.79 Å². The number of anilines is 1. The molecule has 1 aromatic carbocycles. The number of nitrogens with one attached hydrogen (secondary N) is 1. The van der Waals surface area contributed by atoms with E-state index in [9.17, 15) is 9.59 Å². The second-order valence-electron chi connectivity index (χ2n) is 5.55. The summed E-state index contributed by atoms with van der Waals surface area (Å²) in [7, 11) is 1.54. The number of hydrogen-bond donors (Lipinski definition) is 2. The minimum Gasteiger partial charge on any atom is -0.482 e. The molecule has 1 rings (SSSR count). The highest BCUT2D eigenvalue weighted by molar-refractivity contribution is 5.97. The zero-order chi connectivity index (χ0) is 17.3. The van der Waals surface area contributed by atoms with Gasteiger partial charge in [0.25, 0.3) is 5.91 Å². The molecule has 128 valence electrons. The lowest BCUT2D eigenvalue weighted by Crippen LogP contribution is -2.41. The molecular weight excluding hydrogens is 298 g/mol. The number of rotatable bonds is 10. The van der Waals surface area contributed by atoms with Crippen molar-refractivity contribution in [1.82, 2.24) is 0 Å². The quantitative estimate of drug-likeness (QED) is 0.646. The molecule has 0 heterocycles. The van der Waals surface area contributed by atoms with E-state index in [1.807, 2.05) is 0 Å². The predicted octanol–water partition coefficient (Wildman–Crippen LogP) is 3.07. The molecule has 0 aromatic heterocycles. The maximum absolute atomic E-state index is 12.4. The van der Waals surface area contributed by atoms with E-state index >= 15 is 0 Å². The molecule has 1 amide bonds. The summed E-state index contributed by atoms with van der Waals surface area (Å²) in [6, 6.07) is 6.55. The highest BCUT2D eigenvalue weighted by atomic mass is 16.5. The normalized spacial score (nSPS) is 13.2. The molecule has 1 atom stereocenters. The molecule has 0 radical (unpaired) electrons. The second-order valence-corrected chi connectivity index (χ2v) is 5.55. The molecule has 0 aliphatic rings.